The van der Waals surface area contributed by atoms with E-state index in [2.05, 4.69) is 5.32 Å². The standard InChI is InChI=1S/C15H15F3N2O3S/c16-15(17,18)10-3-1-2-9(6-10)11(21)7-20-12(22)14(19-13(20)23)4-5-24-8-14/h1-3,6,11,21H,4-5,7-8H2,(H,19,23). The van der Waals surface area contributed by atoms with Crippen molar-refractivity contribution in [1.82, 2.24) is 10.2 Å². The molecule has 130 valence electrons. The molecule has 2 N–H and O–H groups in total. The highest BCUT2D eigenvalue weighted by Gasteiger charge is 2.53. The zero-order valence-electron chi connectivity index (χ0n) is 12.5. The van der Waals surface area contributed by atoms with Gasteiger partial charge in [-0.2, -0.15) is 24.9 Å². The molecule has 2 saturated heterocycles. The van der Waals surface area contributed by atoms with Crippen LogP contribution in [0.3, 0.4) is 0 Å². The van der Waals surface area contributed by atoms with E-state index in [4.69, 9.17) is 0 Å². The molecule has 2 heterocycles. The van der Waals surface area contributed by atoms with Crippen LogP contribution in [0.2, 0.25) is 0 Å². The number of benzene rings is 1. The number of halogens is 3. The number of rotatable bonds is 3. The molecule has 0 aliphatic carbocycles. The number of hydrogen-bond donors (Lipinski definition) is 2. The Labute approximate surface area is 140 Å². The molecule has 2 aliphatic heterocycles. The zero-order valence-corrected chi connectivity index (χ0v) is 13.3. The third-order valence-electron chi connectivity index (χ3n) is 4.22. The summed E-state index contributed by atoms with van der Waals surface area (Å²) in [5.41, 5.74) is -1.82. The molecule has 0 aromatic heterocycles. The van der Waals surface area contributed by atoms with Crippen molar-refractivity contribution in [2.45, 2.75) is 24.2 Å². The number of imide groups is 1. The fraction of sp³-hybridized carbons (Fsp3) is 0.467. The largest absolute Gasteiger partial charge is 0.416 e. The maximum absolute atomic E-state index is 12.7. The van der Waals surface area contributed by atoms with Gasteiger partial charge in [0.25, 0.3) is 5.91 Å². The summed E-state index contributed by atoms with van der Waals surface area (Å²) >= 11 is 1.55. The number of carbonyl (C=O) groups is 2. The number of β-amino-alcohol motifs (C(OH)–C–C–N with tert-alkyl or cyclic N) is 1. The van der Waals surface area contributed by atoms with Crippen LogP contribution in [-0.4, -0.2) is 45.5 Å². The lowest BCUT2D eigenvalue weighted by Gasteiger charge is -2.21. The number of aliphatic hydroxyl groups is 1. The van der Waals surface area contributed by atoms with Gasteiger partial charge in [0.1, 0.15) is 5.54 Å². The van der Waals surface area contributed by atoms with Gasteiger partial charge in [-0.25, -0.2) is 4.79 Å². The third-order valence-corrected chi connectivity index (χ3v) is 5.41. The van der Waals surface area contributed by atoms with Gasteiger partial charge in [-0.1, -0.05) is 12.1 Å². The van der Waals surface area contributed by atoms with Gasteiger partial charge in [0.15, 0.2) is 0 Å². The minimum atomic E-state index is -4.53. The van der Waals surface area contributed by atoms with Gasteiger partial charge in [-0.15, -0.1) is 0 Å². The molecule has 1 aromatic carbocycles. The van der Waals surface area contributed by atoms with Crippen LogP contribution in [0.1, 0.15) is 23.7 Å². The number of hydrogen-bond acceptors (Lipinski definition) is 4. The summed E-state index contributed by atoms with van der Waals surface area (Å²) in [6.45, 7) is -0.377. The Balaban J connectivity index is 1.76. The maximum atomic E-state index is 12.7. The molecule has 5 nitrogen and oxygen atoms in total. The lowest BCUT2D eigenvalue weighted by Crippen LogP contribution is -2.47. The van der Waals surface area contributed by atoms with Gasteiger partial charge < -0.3 is 10.4 Å². The Morgan fingerprint density at radius 1 is 1.38 bits per heavy atom. The quantitative estimate of drug-likeness (QED) is 0.811. The monoisotopic (exact) mass is 360 g/mol. The molecule has 9 heteroatoms. The molecule has 0 saturated carbocycles. The number of thioether (sulfide) groups is 1. The van der Waals surface area contributed by atoms with Crippen LogP contribution in [0.15, 0.2) is 24.3 Å². The predicted molar refractivity (Wildman–Crippen MR) is 81.3 cm³/mol. The highest BCUT2D eigenvalue weighted by Crippen LogP contribution is 2.35. The van der Waals surface area contributed by atoms with Crippen molar-refractivity contribution in [1.29, 1.82) is 0 Å². The molecule has 24 heavy (non-hydrogen) atoms. The summed E-state index contributed by atoms with van der Waals surface area (Å²) in [4.78, 5) is 25.4. The SMILES string of the molecule is O=C1NC2(CCSC2)C(=O)N1CC(O)c1cccc(C(F)(F)F)c1. The summed E-state index contributed by atoms with van der Waals surface area (Å²) in [6.07, 6.45) is -5.40. The van der Waals surface area contributed by atoms with Gasteiger partial charge in [0.05, 0.1) is 18.2 Å². The first kappa shape index (κ1) is 17.1. The first-order valence-electron chi connectivity index (χ1n) is 7.30. The topological polar surface area (TPSA) is 69.6 Å². The Hall–Kier alpha value is -1.74. The molecule has 1 aromatic rings. The lowest BCUT2D eigenvalue weighted by atomic mass is 9.99. The van der Waals surface area contributed by atoms with Crippen LogP contribution in [0.5, 0.6) is 0 Å². The second-order valence-electron chi connectivity index (χ2n) is 5.87. The van der Waals surface area contributed by atoms with E-state index in [9.17, 15) is 27.9 Å². The van der Waals surface area contributed by atoms with Gasteiger partial charge >= 0.3 is 12.2 Å². The maximum Gasteiger partial charge on any atom is 0.416 e. The molecule has 3 amide bonds. The fourth-order valence-electron chi connectivity index (χ4n) is 2.87. The first-order valence-corrected chi connectivity index (χ1v) is 8.45. The Bertz CT molecular complexity index is 674. The lowest BCUT2D eigenvalue weighted by molar-refractivity contribution is -0.137. The summed E-state index contributed by atoms with van der Waals surface area (Å²) in [6, 6.07) is 3.62. The number of nitrogens with zero attached hydrogens (tertiary/aromatic N) is 1. The van der Waals surface area contributed by atoms with Crippen molar-refractivity contribution in [2.75, 3.05) is 18.1 Å². The van der Waals surface area contributed by atoms with Gasteiger partial charge in [0, 0.05) is 5.75 Å². The fourth-order valence-corrected chi connectivity index (χ4v) is 4.20. The Kier molecular flexibility index (Phi) is 4.25. The first-order chi connectivity index (χ1) is 11.2. The van der Waals surface area contributed by atoms with Crippen molar-refractivity contribution in [3.8, 4) is 0 Å². The van der Waals surface area contributed by atoms with E-state index >= 15 is 0 Å². The second kappa shape index (κ2) is 5.96. The predicted octanol–water partition coefficient (Wildman–Crippen LogP) is 2.17. The highest BCUT2D eigenvalue weighted by molar-refractivity contribution is 7.99. The molecule has 2 unspecified atom stereocenters. The number of aliphatic hydroxyl groups excluding tert-OH is 1. The number of amides is 3. The normalized spacial score (nSPS) is 25.4. The molecule has 3 rings (SSSR count). The molecular weight excluding hydrogens is 345 g/mol. The second-order valence-corrected chi connectivity index (χ2v) is 6.97. The minimum absolute atomic E-state index is 0.00664. The van der Waals surface area contributed by atoms with Gasteiger partial charge in [0.2, 0.25) is 0 Å². The van der Waals surface area contributed by atoms with Crippen molar-refractivity contribution in [3.05, 3.63) is 35.4 Å². The van der Waals surface area contributed by atoms with Crippen LogP contribution in [0, 0.1) is 0 Å². The van der Waals surface area contributed by atoms with E-state index in [1.807, 2.05) is 0 Å². The van der Waals surface area contributed by atoms with E-state index < -0.39 is 35.3 Å². The summed E-state index contributed by atoms with van der Waals surface area (Å²) in [7, 11) is 0. The average molecular weight is 360 g/mol. The average Bonchev–Trinajstić information content (AvgIpc) is 3.08. The number of carbonyl (C=O) groups excluding carboxylic acids is 2. The van der Waals surface area contributed by atoms with E-state index in [0.717, 1.165) is 22.8 Å². The third kappa shape index (κ3) is 2.98. The van der Waals surface area contributed by atoms with Crippen LogP contribution in [-0.2, 0) is 11.0 Å². The van der Waals surface area contributed by atoms with Gasteiger partial charge in [-0.05, 0) is 29.9 Å². The smallest absolute Gasteiger partial charge is 0.387 e. The van der Waals surface area contributed by atoms with Crippen LogP contribution in [0.25, 0.3) is 0 Å². The molecular formula is C15H15F3N2O3S. The molecule has 0 radical (unpaired) electrons. The van der Waals surface area contributed by atoms with Gasteiger partial charge in [-0.3, -0.25) is 9.69 Å². The Morgan fingerprint density at radius 2 is 2.12 bits per heavy atom. The minimum Gasteiger partial charge on any atom is -0.387 e. The van der Waals surface area contributed by atoms with Crippen molar-refractivity contribution in [2.24, 2.45) is 0 Å². The summed E-state index contributed by atoms with van der Waals surface area (Å²) in [5.74, 6) is 0.785. The molecule has 2 aliphatic rings. The summed E-state index contributed by atoms with van der Waals surface area (Å²) in [5, 5.41) is 12.8. The highest BCUT2D eigenvalue weighted by atomic mass is 32.2. The van der Waals surface area contributed by atoms with Crippen molar-refractivity contribution < 1.29 is 27.9 Å². The van der Waals surface area contributed by atoms with Crippen LogP contribution >= 0.6 is 11.8 Å². The number of alkyl halides is 3. The number of urea groups is 1. The van der Waals surface area contributed by atoms with Crippen molar-refractivity contribution >= 4 is 23.7 Å². The van der Waals surface area contributed by atoms with E-state index in [1.165, 1.54) is 12.1 Å². The Morgan fingerprint density at radius 3 is 2.75 bits per heavy atom. The molecule has 2 atom stereocenters. The molecule has 2 fully saturated rings. The van der Waals surface area contributed by atoms with E-state index in [-0.39, 0.29) is 12.1 Å². The molecule has 0 bridgehead atoms. The van der Waals surface area contributed by atoms with E-state index in [0.29, 0.717) is 12.2 Å². The van der Waals surface area contributed by atoms with Crippen LogP contribution in [0.4, 0.5) is 18.0 Å². The van der Waals surface area contributed by atoms with Crippen molar-refractivity contribution in [3.63, 3.8) is 0 Å². The van der Waals surface area contributed by atoms with E-state index in [1.54, 1.807) is 11.8 Å². The zero-order chi connectivity index (χ0) is 17.5. The molecule has 1 spiro atoms. The number of nitrogens with one attached hydrogen (secondary N) is 1. The summed E-state index contributed by atoms with van der Waals surface area (Å²) < 4.78 is 38.2. The van der Waals surface area contributed by atoms with Crippen LogP contribution < -0.4 is 5.32 Å².